The number of likely N-dealkylation sites (N-methyl/N-ethyl adjacent to an activating group) is 1. The van der Waals surface area contributed by atoms with Crippen LogP contribution in [0, 0.1) is 0 Å². The van der Waals surface area contributed by atoms with Gasteiger partial charge in [0.1, 0.15) is 0 Å². The average Bonchev–Trinajstić information content (AvgIpc) is 2.49. The van der Waals surface area contributed by atoms with Gasteiger partial charge in [-0.3, -0.25) is 4.79 Å². The summed E-state index contributed by atoms with van der Waals surface area (Å²) in [7, 11) is 1.84. The van der Waals surface area contributed by atoms with Crippen molar-refractivity contribution in [2.24, 2.45) is 0 Å². The Kier molecular flexibility index (Phi) is 4.99. The number of hydrogen-bond donors (Lipinski definition) is 1. The molecule has 0 saturated carbocycles. The molecule has 0 aliphatic rings. The molecule has 2 aromatic carbocycles. The molecule has 0 bridgehead atoms. The van der Waals surface area contributed by atoms with Gasteiger partial charge in [-0.1, -0.05) is 49.4 Å². The van der Waals surface area contributed by atoms with E-state index < -0.39 is 0 Å². The van der Waals surface area contributed by atoms with E-state index in [9.17, 15) is 4.79 Å². The van der Waals surface area contributed by atoms with Crippen LogP contribution in [-0.4, -0.2) is 17.9 Å². The van der Waals surface area contributed by atoms with Crippen LogP contribution in [0.4, 0.5) is 5.69 Å². The largest absolute Gasteiger partial charge is 0.399 e. The van der Waals surface area contributed by atoms with Crippen molar-refractivity contribution in [2.75, 3.05) is 12.8 Å². The molecule has 0 aliphatic carbocycles. The summed E-state index contributed by atoms with van der Waals surface area (Å²) in [5, 5.41) is 0. The molecule has 1 amide bonds. The molecule has 0 spiro atoms. The van der Waals surface area contributed by atoms with E-state index in [-0.39, 0.29) is 11.8 Å². The Morgan fingerprint density at radius 3 is 2.48 bits per heavy atom. The lowest BCUT2D eigenvalue weighted by Crippen LogP contribution is -2.31. The van der Waals surface area contributed by atoms with Gasteiger partial charge in [0.2, 0.25) is 5.91 Å². The van der Waals surface area contributed by atoms with E-state index in [0.717, 1.165) is 23.2 Å². The highest BCUT2D eigenvalue weighted by molar-refractivity contribution is 5.83. The zero-order valence-electron chi connectivity index (χ0n) is 12.6. The Labute approximate surface area is 126 Å². The molecule has 0 heterocycles. The molecule has 3 heteroatoms. The molecule has 0 aliphatic heterocycles. The van der Waals surface area contributed by atoms with Gasteiger partial charge < -0.3 is 10.6 Å². The number of nitrogen functional groups attached to an aromatic ring is 1. The standard InChI is InChI=1S/C18H22N2O/c1-3-17(15-9-5-4-6-10-15)18(21)20(2)13-14-8-7-11-16(19)12-14/h4-12,17H,3,13,19H2,1-2H3. The predicted molar refractivity (Wildman–Crippen MR) is 86.8 cm³/mol. The molecule has 2 rings (SSSR count). The maximum atomic E-state index is 12.7. The highest BCUT2D eigenvalue weighted by atomic mass is 16.2. The maximum absolute atomic E-state index is 12.7. The van der Waals surface area contributed by atoms with E-state index >= 15 is 0 Å². The molecule has 21 heavy (non-hydrogen) atoms. The van der Waals surface area contributed by atoms with Gasteiger partial charge in [-0.15, -0.1) is 0 Å². The van der Waals surface area contributed by atoms with E-state index in [1.54, 1.807) is 4.90 Å². The molecular formula is C18H22N2O. The molecule has 0 aromatic heterocycles. The van der Waals surface area contributed by atoms with Crippen LogP contribution in [0.15, 0.2) is 54.6 Å². The summed E-state index contributed by atoms with van der Waals surface area (Å²) in [6.07, 6.45) is 0.796. The summed E-state index contributed by atoms with van der Waals surface area (Å²) in [5.41, 5.74) is 8.63. The molecule has 1 atom stereocenters. The lowest BCUT2D eigenvalue weighted by Gasteiger charge is -2.23. The van der Waals surface area contributed by atoms with E-state index in [1.807, 2.05) is 68.6 Å². The SMILES string of the molecule is CCC(C(=O)N(C)Cc1cccc(N)c1)c1ccccc1. The third kappa shape index (κ3) is 3.85. The Balaban J connectivity index is 2.10. The van der Waals surface area contributed by atoms with Crippen LogP contribution in [0.5, 0.6) is 0 Å². The Bertz CT molecular complexity index is 595. The van der Waals surface area contributed by atoms with Crippen molar-refractivity contribution >= 4 is 11.6 Å². The normalized spacial score (nSPS) is 11.9. The second kappa shape index (κ2) is 6.93. The smallest absolute Gasteiger partial charge is 0.230 e. The second-order valence-electron chi connectivity index (χ2n) is 5.31. The first kappa shape index (κ1) is 15.1. The Hall–Kier alpha value is -2.29. The lowest BCUT2D eigenvalue weighted by molar-refractivity contribution is -0.132. The lowest BCUT2D eigenvalue weighted by atomic mass is 9.95. The summed E-state index contributed by atoms with van der Waals surface area (Å²) in [4.78, 5) is 14.4. The topological polar surface area (TPSA) is 46.3 Å². The van der Waals surface area contributed by atoms with E-state index in [4.69, 9.17) is 5.73 Å². The molecular weight excluding hydrogens is 260 g/mol. The highest BCUT2D eigenvalue weighted by Gasteiger charge is 2.22. The van der Waals surface area contributed by atoms with Crippen molar-refractivity contribution < 1.29 is 4.79 Å². The van der Waals surface area contributed by atoms with Gasteiger partial charge in [0.25, 0.3) is 0 Å². The van der Waals surface area contributed by atoms with E-state index in [2.05, 4.69) is 0 Å². The van der Waals surface area contributed by atoms with E-state index in [1.165, 1.54) is 0 Å². The van der Waals surface area contributed by atoms with Crippen LogP contribution in [-0.2, 0) is 11.3 Å². The maximum Gasteiger partial charge on any atom is 0.230 e. The molecule has 3 nitrogen and oxygen atoms in total. The first-order valence-corrected chi connectivity index (χ1v) is 7.26. The Morgan fingerprint density at radius 2 is 1.86 bits per heavy atom. The van der Waals surface area contributed by atoms with Gasteiger partial charge in [-0.05, 0) is 29.7 Å². The van der Waals surface area contributed by atoms with Crippen LogP contribution in [0.3, 0.4) is 0 Å². The van der Waals surface area contributed by atoms with Crippen LogP contribution in [0.1, 0.15) is 30.4 Å². The fraction of sp³-hybridized carbons (Fsp3) is 0.278. The molecule has 0 fully saturated rings. The van der Waals surface area contributed by atoms with Crippen molar-refractivity contribution in [2.45, 2.75) is 25.8 Å². The zero-order valence-corrected chi connectivity index (χ0v) is 12.6. The third-order valence-electron chi connectivity index (χ3n) is 3.66. The molecule has 0 saturated heterocycles. The number of amides is 1. The number of carbonyl (C=O) groups excluding carboxylic acids is 1. The monoisotopic (exact) mass is 282 g/mol. The van der Waals surface area contributed by atoms with Gasteiger partial charge in [0, 0.05) is 19.3 Å². The third-order valence-corrected chi connectivity index (χ3v) is 3.66. The Morgan fingerprint density at radius 1 is 1.14 bits per heavy atom. The zero-order chi connectivity index (χ0) is 15.2. The number of hydrogen-bond acceptors (Lipinski definition) is 2. The molecule has 110 valence electrons. The number of nitrogens with zero attached hydrogens (tertiary/aromatic N) is 1. The fourth-order valence-corrected chi connectivity index (χ4v) is 2.55. The highest BCUT2D eigenvalue weighted by Crippen LogP contribution is 2.22. The number of nitrogens with two attached hydrogens (primary N) is 1. The number of carbonyl (C=O) groups is 1. The van der Waals surface area contributed by atoms with E-state index in [0.29, 0.717) is 6.54 Å². The van der Waals surface area contributed by atoms with Gasteiger partial charge in [0.05, 0.1) is 5.92 Å². The van der Waals surface area contributed by atoms with Crippen molar-refractivity contribution in [1.29, 1.82) is 0 Å². The molecule has 2 aromatic rings. The van der Waals surface area contributed by atoms with Crippen molar-refractivity contribution in [3.8, 4) is 0 Å². The van der Waals surface area contributed by atoms with Gasteiger partial charge >= 0.3 is 0 Å². The minimum Gasteiger partial charge on any atom is -0.399 e. The summed E-state index contributed by atoms with van der Waals surface area (Å²) in [6, 6.07) is 17.6. The van der Waals surface area contributed by atoms with Crippen LogP contribution in [0.25, 0.3) is 0 Å². The number of anilines is 1. The van der Waals surface area contributed by atoms with Crippen molar-refractivity contribution in [3.63, 3.8) is 0 Å². The molecule has 2 N–H and O–H groups in total. The van der Waals surface area contributed by atoms with Gasteiger partial charge in [0.15, 0.2) is 0 Å². The minimum atomic E-state index is -0.0859. The summed E-state index contributed by atoms with van der Waals surface area (Å²) in [5.74, 6) is 0.0587. The first-order chi connectivity index (χ1) is 10.1. The van der Waals surface area contributed by atoms with Crippen LogP contribution < -0.4 is 5.73 Å². The summed E-state index contributed by atoms with van der Waals surface area (Å²) in [6.45, 7) is 2.62. The first-order valence-electron chi connectivity index (χ1n) is 7.26. The fourth-order valence-electron chi connectivity index (χ4n) is 2.55. The summed E-state index contributed by atoms with van der Waals surface area (Å²) < 4.78 is 0. The van der Waals surface area contributed by atoms with Crippen molar-refractivity contribution in [3.05, 3.63) is 65.7 Å². The summed E-state index contributed by atoms with van der Waals surface area (Å²) >= 11 is 0. The second-order valence-corrected chi connectivity index (χ2v) is 5.31. The van der Waals surface area contributed by atoms with Crippen LogP contribution >= 0.6 is 0 Å². The van der Waals surface area contributed by atoms with Gasteiger partial charge in [-0.2, -0.15) is 0 Å². The van der Waals surface area contributed by atoms with Crippen molar-refractivity contribution in [1.82, 2.24) is 4.90 Å². The quantitative estimate of drug-likeness (QED) is 0.854. The molecule has 1 unspecified atom stereocenters. The average molecular weight is 282 g/mol. The molecule has 0 radical (unpaired) electrons. The van der Waals surface area contributed by atoms with Gasteiger partial charge in [-0.25, -0.2) is 0 Å². The van der Waals surface area contributed by atoms with Crippen LogP contribution in [0.2, 0.25) is 0 Å². The number of benzene rings is 2. The predicted octanol–water partition coefficient (Wildman–Crippen LogP) is 3.42. The minimum absolute atomic E-state index is 0.0859. The number of rotatable bonds is 5.